The van der Waals surface area contributed by atoms with E-state index in [0.717, 1.165) is 83.0 Å². The molecule has 5 heterocycles. The van der Waals surface area contributed by atoms with Gasteiger partial charge in [0.05, 0.1) is 60.5 Å². The Hall–Kier alpha value is -6.85. The normalized spacial score (nSPS) is 20.4. The largest absolute Gasteiger partial charge is 0.465 e. The van der Waals surface area contributed by atoms with E-state index in [1.165, 1.54) is 19.1 Å². The molecular formula is C52H68N10O8. The van der Waals surface area contributed by atoms with Crippen LogP contribution in [0.15, 0.2) is 60.7 Å². The number of carbonyl (C=O) groups is 5. The Kier molecular flexibility index (Phi) is 14.3. The number of likely N-dealkylation sites (tertiary alicyclic amines) is 2. The fourth-order valence-electron chi connectivity index (χ4n) is 10.9. The van der Waals surface area contributed by atoms with Crippen LogP contribution in [-0.4, -0.2) is 123 Å². The Morgan fingerprint density at radius 3 is 1.54 bits per heavy atom. The van der Waals surface area contributed by atoms with E-state index in [2.05, 4.69) is 87.9 Å². The summed E-state index contributed by atoms with van der Waals surface area (Å²) in [6, 6.07) is 19.1. The first kappa shape index (κ1) is 49.6. The Labute approximate surface area is 408 Å². The molecule has 5 aromatic rings. The van der Waals surface area contributed by atoms with Gasteiger partial charge in [-0.2, -0.15) is 0 Å². The number of hydrogen-bond donors (Lipinski definition) is 5. The van der Waals surface area contributed by atoms with Gasteiger partial charge < -0.3 is 54.8 Å². The lowest BCUT2D eigenvalue weighted by atomic mass is 9.84. The van der Waals surface area contributed by atoms with E-state index in [1.807, 2.05) is 49.6 Å². The Bertz CT molecular complexity index is 2590. The van der Waals surface area contributed by atoms with Crippen LogP contribution >= 0.6 is 0 Å². The quantitative estimate of drug-likeness (QED) is 0.0711. The monoisotopic (exact) mass is 961 g/mol. The number of H-pyrrole nitrogens is 2. The zero-order valence-electron chi connectivity index (χ0n) is 41.7. The van der Waals surface area contributed by atoms with Crippen molar-refractivity contribution in [3.8, 4) is 0 Å². The molecule has 0 spiro atoms. The number of imidazole rings is 2. The van der Waals surface area contributed by atoms with Crippen LogP contribution in [0.25, 0.3) is 22.1 Å². The second kappa shape index (κ2) is 20.2. The van der Waals surface area contributed by atoms with Crippen LogP contribution in [0.5, 0.6) is 0 Å². The standard InChI is InChI=1S/C52H68N10O8/c1-29(2)43(57-49(65)69-8)47(63)60-24-10-12-41(60)45-53-35-20-14-31(26-37(35)55-45)39-22-23-40(62(39)34-18-16-33(17-19-34)52(5,6)28-59(7)51(67)68)32-15-21-36-38(27-32)56-46(54-36)42-13-11-25-61(42)48(64)44(30(3)4)58-50(66)70-9/h14-21,26-27,29-30,39-44H,10-13,22-25,28H2,1-9H3,(H,53,55)(H,54,56)(H,57,65)(H,58,66)(H,67,68)/t39-,40-,41+,42+,43+,44+/m1/s1. The second-order valence-electron chi connectivity index (χ2n) is 20.5. The lowest BCUT2D eigenvalue weighted by Gasteiger charge is -2.34. The van der Waals surface area contributed by atoms with Gasteiger partial charge in [-0.25, -0.2) is 24.4 Å². The SMILES string of the molecule is COC(=O)N[C@H](C(=O)N1CCC[C@H]1c1nc2ccc([C@H]3CC[C@H](c4ccc5nc([C@@H]6CCCN6C(=O)[C@@H](NC(=O)OC)C(C)C)[nH]c5c4)N3c3ccc(C(C)(C)CN(C)C(=O)O)cc3)cc2[nH]1)C(C)C. The number of hydrogen-bond acceptors (Lipinski definition) is 10. The predicted octanol–water partition coefficient (Wildman–Crippen LogP) is 8.50. The summed E-state index contributed by atoms with van der Waals surface area (Å²) in [5, 5.41) is 15.1. The van der Waals surface area contributed by atoms with Crippen LogP contribution in [0, 0.1) is 11.8 Å². The number of aromatic amines is 2. The molecule has 6 atom stereocenters. The highest BCUT2D eigenvalue weighted by molar-refractivity contribution is 5.88. The molecule has 0 unspecified atom stereocenters. The maximum absolute atomic E-state index is 13.9. The third-order valence-corrected chi connectivity index (χ3v) is 14.6. The fraction of sp³-hybridized carbons (Fsp3) is 0.519. The van der Waals surface area contributed by atoms with Crippen molar-refractivity contribution in [1.82, 2.24) is 45.3 Å². The van der Waals surface area contributed by atoms with Crippen molar-refractivity contribution in [3.05, 3.63) is 89.0 Å². The van der Waals surface area contributed by atoms with E-state index >= 15 is 0 Å². The molecule has 5 N–H and O–H groups in total. The average molecular weight is 961 g/mol. The highest BCUT2D eigenvalue weighted by Gasteiger charge is 2.41. The minimum Gasteiger partial charge on any atom is -0.465 e. The van der Waals surface area contributed by atoms with Crippen LogP contribution in [-0.2, 0) is 24.5 Å². The molecule has 3 fully saturated rings. The maximum atomic E-state index is 13.9. The van der Waals surface area contributed by atoms with Gasteiger partial charge in [0.25, 0.3) is 0 Å². The lowest BCUT2D eigenvalue weighted by Crippen LogP contribution is -2.51. The topological polar surface area (TPSA) is 218 Å². The summed E-state index contributed by atoms with van der Waals surface area (Å²) in [5.41, 5.74) is 7.16. The highest BCUT2D eigenvalue weighted by atomic mass is 16.5. The first-order valence-electron chi connectivity index (χ1n) is 24.5. The average Bonchev–Trinajstić information content (AvgIpc) is 4.20. The van der Waals surface area contributed by atoms with Crippen molar-refractivity contribution in [1.29, 1.82) is 0 Å². The Morgan fingerprint density at radius 1 is 0.700 bits per heavy atom. The van der Waals surface area contributed by atoms with Crippen molar-refractivity contribution in [3.63, 3.8) is 0 Å². The van der Waals surface area contributed by atoms with Gasteiger partial charge in [0.15, 0.2) is 0 Å². The molecule has 70 heavy (non-hydrogen) atoms. The first-order chi connectivity index (χ1) is 33.4. The van der Waals surface area contributed by atoms with Crippen molar-refractivity contribution < 1.29 is 38.6 Å². The van der Waals surface area contributed by atoms with E-state index in [9.17, 15) is 29.1 Å². The minimum atomic E-state index is -0.973. The summed E-state index contributed by atoms with van der Waals surface area (Å²) in [5.74, 6) is 0.801. The van der Waals surface area contributed by atoms with Crippen LogP contribution in [0.4, 0.5) is 20.1 Å². The van der Waals surface area contributed by atoms with Crippen molar-refractivity contribution in [2.24, 2.45) is 11.8 Å². The number of anilines is 1. The first-order valence-corrected chi connectivity index (χ1v) is 24.5. The van der Waals surface area contributed by atoms with Crippen LogP contribution in [0.2, 0.25) is 0 Å². The molecular weight excluding hydrogens is 893 g/mol. The van der Waals surface area contributed by atoms with Gasteiger partial charge in [-0.1, -0.05) is 65.8 Å². The summed E-state index contributed by atoms with van der Waals surface area (Å²) in [4.78, 5) is 88.7. The van der Waals surface area contributed by atoms with E-state index in [1.54, 1.807) is 7.05 Å². The molecule has 18 nitrogen and oxygen atoms in total. The smallest absolute Gasteiger partial charge is 0.407 e. The number of methoxy groups -OCH3 is 2. The summed E-state index contributed by atoms with van der Waals surface area (Å²) < 4.78 is 9.67. The third kappa shape index (κ3) is 9.95. The van der Waals surface area contributed by atoms with E-state index in [-0.39, 0.29) is 47.8 Å². The van der Waals surface area contributed by atoms with E-state index in [0.29, 0.717) is 31.3 Å². The molecule has 5 amide bonds. The zero-order chi connectivity index (χ0) is 50.2. The second-order valence-corrected chi connectivity index (χ2v) is 20.5. The number of alkyl carbamates (subject to hydrolysis) is 2. The maximum Gasteiger partial charge on any atom is 0.407 e. The summed E-state index contributed by atoms with van der Waals surface area (Å²) >= 11 is 0. The van der Waals surface area contributed by atoms with Crippen molar-refractivity contribution in [2.75, 3.05) is 45.8 Å². The molecule has 8 rings (SSSR count). The van der Waals surface area contributed by atoms with Crippen LogP contribution in [0.3, 0.4) is 0 Å². The Balaban J connectivity index is 1.11. The number of carboxylic acid groups (broad SMARTS) is 1. The number of amides is 5. The Morgan fingerprint density at radius 2 is 1.14 bits per heavy atom. The summed E-state index contributed by atoms with van der Waals surface area (Å²) in [6.07, 6.45) is 2.55. The van der Waals surface area contributed by atoms with Gasteiger partial charge in [-0.05, 0) is 103 Å². The van der Waals surface area contributed by atoms with Gasteiger partial charge in [0.2, 0.25) is 11.8 Å². The van der Waals surface area contributed by atoms with Gasteiger partial charge in [-0.15, -0.1) is 0 Å². The minimum absolute atomic E-state index is 0.0301. The molecule has 2 aromatic heterocycles. The highest BCUT2D eigenvalue weighted by Crippen LogP contribution is 2.48. The van der Waals surface area contributed by atoms with Gasteiger partial charge in [0.1, 0.15) is 23.7 Å². The molecule has 3 saturated heterocycles. The zero-order valence-corrected chi connectivity index (χ0v) is 41.7. The van der Waals surface area contributed by atoms with E-state index < -0.39 is 35.8 Å². The summed E-state index contributed by atoms with van der Waals surface area (Å²) in [6.45, 7) is 13.2. The molecule has 0 aliphatic carbocycles. The number of likely N-dealkylation sites (N-methyl/N-ethyl adjacent to an activating group) is 1. The number of rotatable bonds is 14. The molecule has 0 bridgehead atoms. The molecule has 374 valence electrons. The predicted molar refractivity (Wildman–Crippen MR) is 265 cm³/mol. The summed E-state index contributed by atoms with van der Waals surface area (Å²) in [7, 11) is 4.16. The van der Waals surface area contributed by atoms with Gasteiger partial charge in [0, 0.05) is 37.8 Å². The fourth-order valence-corrected chi connectivity index (χ4v) is 10.9. The number of carbonyl (C=O) groups excluding carboxylic acids is 4. The van der Waals surface area contributed by atoms with E-state index in [4.69, 9.17) is 19.4 Å². The number of benzene rings is 3. The molecule has 3 aliphatic heterocycles. The molecule has 18 heteroatoms. The molecule has 0 radical (unpaired) electrons. The number of fused-ring (bicyclic) bond motifs is 2. The van der Waals surface area contributed by atoms with Crippen LogP contribution in [0.1, 0.15) is 133 Å². The van der Waals surface area contributed by atoms with Gasteiger partial charge in [-0.3, -0.25) is 9.59 Å². The van der Waals surface area contributed by atoms with Crippen molar-refractivity contribution in [2.45, 2.75) is 122 Å². The third-order valence-electron chi connectivity index (χ3n) is 14.6. The number of nitrogens with one attached hydrogen (secondary N) is 4. The number of aromatic nitrogens is 4. The van der Waals surface area contributed by atoms with Crippen molar-refractivity contribution >= 4 is 57.8 Å². The van der Waals surface area contributed by atoms with Gasteiger partial charge >= 0.3 is 18.3 Å². The van der Waals surface area contributed by atoms with Crippen LogP contribution < -0.4 is 15.5 Å². The lowest BCUT2D eigenvalue weighted by molar-refractivity contribution is -0.136. The molecule has 0 saturated carbocycles. The number of ether oxygens (including phenoxy) is 2. The molecule has 3 aliphatic rings. The number of nitrogens with zero attached hydrogens (tertiary/aromatic N) is 6. The molecule has 3 aromatic carbocycles.